The van der Waals surface area contributed by atoms with Gasteiger partial charge in [0, 0.05) is 37.3 Å². The number of ketones is 1. The van der Waals surface area contributed by atoms with Gasteiger partial charge in [-0.15, -0.1) is 0 Å². The number of aliphatic hydroxyl groups is 1. The summed E-state index contributed by atoms with van der Waals surface area (Å²) in [6.07, 6.45) is 0.702. The number of rotatable bonds is 8. The first-order chi connectivity index (χ1) is 14.0. The van der Waals surface area contributed by atoms with Crippen LogP contribution in [0.5, 0.6) is 5.75 Å². The molecule has 1 atom stereocenters. The molecule has 0 aliphatic carbocycles. The monoisotopic (exact) mass is 396 g/mol. The average Bonchev–Trinajstić information content (AvgIpc) is 3.12. The van der Waals surface area contributed by atoms with Gasteiger partial charge in [0.15, 0.2) is 5.78 Å². The van der Waals surface area contributed by atoms with Crippen LogP contribution in [0.15, 0.2) is 42.5 Å². The third-order valence-corrected chi connectivity index (χ3v) is 5.27. The molecule has 2 aromatic carbocycles. The molecule has 1 fully saturated rings. The summed E-state index contributed by atoms with van der Waals surface area (Å²) >= 11 is 0. The summed E-state index contributed by atoms with van der Waals surface area (Å²) in [4.78, 5) is 26.4. The number of hydrogen-bond donors (Lipinski definition) is 2. The maximum atomic E-state index is 12.5. The minimum absolute atomic E-state index is 0.0460. The molecule has 29 heavy (non-hydrogen) atoms. The molecule has 0 saturated carbocycles. The second-order valence-corrected chi connectivity index (χ2v) is 7.48. The maximum Gasteiger partial charge on any atom is 0.224 e. The standard InChI is InChI=1S/C23H28N2O4/c1-16(26)17-7-8-22(29-2)20(11-17)12-23(28)24-13-18-5-3-4-6-19(18)14-25-10-9-21(27)15-25/h3-8,11,21,27H,9-10,12-15H2,1-2H3,(H,24,28)/t21-/m1/s1. The average molecular weight is 396 g/mol. The van der Waals surface area contributed by atoms with Gasteiger partial charge in [-0.1, -0.05) is 24.3 Å². The third kappa shape index (κ3) is 5.65. The summed E-state index contributed by atoms with van der Waals surface area (Å²) < 4.78 is 5.33. The molecular formula is C23H28N2O4. The highest BCUT2D eigenvalue weighted by Gasteiger charge is 2.20. The van der Waals surface area contributed by atoms with Crippen molar-refractivity contribution in [3.05, 3.63) is 64.7 Å². The second-order valence-electron chi connectivity index (χ2n) is 7.48. The Labute approximate surface area is 171 Å². The molecular weight excluding hydrogens is 368 g/mol. The molecule has 1 heterocycles. The first-order valence-electron chi connectivity index (χ1n) is 9.88. The number of ether oxygens (including phenoxy) is 1. The van der Waals surface area contributed by atoms with Gasteiger partial charge >= 0.3 is 0 Å². The number of aliphatic hydroxyl groups excluding tert-OH is 1. The Morgan fingerprint density at radius 1 is 1.17 bits per heavy atom. The van der Waals surface area contributed by atoms with Crippen molar-refractivity contribution in [2.45, 2.75) is 39.0 Å². The highest BCUT2D eigenvalue weighted by molar-refractivity contribution is 5.94. The fraction of sp³-hybridized carbons (Fsp3) is 0.391. The molecule has 1 aliphatic heterocycles. The number of benzene rings is 2. The molecule has 6 nitrogen and oxygen atoms in total. The number of hydrogen-bond acceptors (Lipinski definition) is 5. The van der Waals surface area contributed by atoms with Gasteiger partial charge in [-0.3, -0.25) is 14.5 Å². The number of likely N-dealkylation sites (tertiary alicyclic amines) is 1. The first-order valence-corrected chi connectivity index (χ1v) is 9.88. The predicted molar refractivity (Wildman–Crippen MR) is 111 cm³/mol. The van der Waals surface area contributed by atoms with Gasteiger partial charge in [-0.2, -0.15) is 0 Å². The van der Waals surface area contributed by atoms with E-state index in [9.17, 15) is 14.7 Å². The van der Waals surface area contributed by atoms with Crippen molar-refractivity contribution in [3.8, 4) is 5.75 Å². The zero-order chi connectivity index (χ0) is 20.8. The Hall–Kier alpha value is -2.70. The summed E-state index contributed by atoms with van der Waals surface area (Å²) in [6, 6.07) is 13.2. The zero-order valence-electron chi connectivity index (χ0n) is 17.0. The van der Waals surface area contributed by atoms with Crippen molar-refractivity contribution >= 4 is 11.7 Å². The zero-order valence-corrected chi connectivity index (χ0v) is 17.0. The number of nitrogens with one attached hydrogen (secondary N) is 1. The van der Waals surface area contributed by atoms with E-state index in [1.165, 1.54) is 6.92 Å². The Morgan fingerprint density at radius 2 is 1.93 bits per heavy atom. The smallest absolute Gasteiger partial charge is 0.224 e. The van der Waals surface area contributed by atoms with Gasteiger partial charge in [-0.05, 0) is 42.7 Å². The van der Waals surface area contributed by atoms with Crippen LogP contribution in [0, 0.1) is 0 Å². The third-order valence-electron chi connectivity index (χ3n) is 5.27. The van der Waals surface area contributed by atoms with E-state index in [1.807, 2.05) is 18.2 Å². The van der Waals surface area contributed by atoms with E-state index in [4.69, 9.17) is 4.74 Å². The van der Waals surface area contributed by atoms with E-state index < -0.39 is 0 Å². The van der Waals surface area contributed by atoms with Gasteiger partial charge < -0.3 is 15.2 Å². The molecule has 154 valence electrons. The summed E-state index contributed by atoms with van der Waals surface area (Å²) in [5, 5.41) is 12.7. The summed E-state index contributed by atoms with van der Waals surface area (Å²) in [5.41, 5.74) is 3.47. The molecule has 0 bridgehead atoms. The minimum atomic E-state index is -0.248. The predicted octanol–water partition coefficient (Wildman–Crippen LogP) is 2.32. The number of amides is 1. The van der Waals surface area contributed by atoms with Crippen molar-refractivity contribution in [2.75, 3.05) is 20.2 Å². The van der Waals surface area contributed by atoms with Crippen LogP contribution < -0.4 is 10.1 Å². The first kappa shape index (κ1) is 21.0. The van der Waals surface area contributed by atoms with Crippen LogP contribution in [0.25, 0.3) is 0 Å². The number of nitrogens with zero attached hydrogens (tertiary/aromatic N) is 1. The molecule has 6 heteroatoms. The van der Waals surface area contributed by atoms with Gasteiger partial charge in [0.05, 0.1) is 19.6 Å². The lowest BCUT2D eigenvalue weighted by Gasteiger charge is -2.18. The number of methoxy groups -OCH3 is 1. The van der Waals surface area contributed by atoms with Crippen LogP contribution in [0.3, 0.4) is 0 Å². The van der Waals surface area contributed by atoms with E-state index in [-0.39, 0.29) is 24.2 Å². The normalized spacial score (nSPS) is 16.6. The molecule has 1 aliphatic rings. The Bertz CT molecular complexity index is 881. The Balaban J connectivity index is 1.63. The summed E-state index contributed by atoms with van der Waals surface area (Å²) in [7, 11) is 1.55. The molecule has 0 spiro atoms. The van der Waals surface area contributed by atoms with Crippen molar-refractivity contribution in [1.29, 1.82) is 0 Å². The van der Waals surface area contributed by atoms with Gasteiger partial charge in [0.2, 0.25) is 5.91 Å². The highest BCUT2D eigenvalue weighted by atomic mass is 16.5. The number of Topliss-reactive ketones (excluding diaryl/α,β-unsaturated/α-hetero) is 1. The quantitative estimate of drug-likeness (QED) is 0.670. The Kier molecular flexibility index (Phi) is 7.01. The fourth-order valence-electron chi connectivity index (χ4n) is 3.65. The van der Waals surface area contributed by atoms with E-state index in [0.717, 1.165) is 30.6 Å². The molecule has 2 aromatic rings. The lowest BCUT2D eigenvalue weighted by Crippen LogP contribution is -2.27. The summed E-state index contributed by atoms with van der Waals surface area (Å²) in [6.45, 7) is 4.26. The Morgan fingerprint density at radius 3 is 2.59 bits per heavy atom. The largest absolute Gasteiger partial charge is 0.496 e. The van der Waals surface area contributed by atoms with Crippen molar-refractivity contribution in [3.63, 3.8) is 0 Å². The molecule has 0 radical (unpaired) electrons. The number of carbonyl (C=O) groups is 2. The molecule has 1 amide bonds. The number of β-amino-alcohol motifs (C(OH)–C–C–N with tert-alkyl or cyclic N) is 1. The van der Waals surface area contributed by atoms with Crippen molar-refractivity contribution in [1.82, 2.24) is 10.2 Å². The molecule has 0 aromatic heterocycles. The molecule has 2 N–H and O–H groups in total. The topological polar surface area (TPSA) is 78.9 Å². The van der Waals surface area contributed by atoms with Gasteiger partial charge in [-0.25, -0.2) is 0 Å². The minimum Gasteiger partial charge on any atom is -0.496 e. The van der Waals surface area contributed by atoms with Crippen molar-refractivity contribution < 1.29 is 19.4 Å². The van der Waals surface area contributed by atoms with Crippen LogP contribution in [-0.2, 0) is 24.3 Å². The van der Waals surface area contributed by atoms with Crippen molar-refractivity contribution in [2.24, 2.45) is 0 Å². The fourth-order valence-corrected chi connectivity index (χ4v) is 3.65. The SMILES string of the molecule is COc1ccc(C(C)=O)cc1CC(=O)NCc1ccccc1CN1CC[C@@H](O)C1. The van der Waals surface area contributed by atoms with E-state index in [0.29, 0.717) is 30.0 Å². The molecule has 1 saturated heterocycles. The van der Waals surface area contributed by atoms with Crippen LogP contribution >= 0.6 is 0 Å². The highest BCUT2D eigenvalue weighted by Crippen LogP contribution is 2.21. The second kappa shape index (κ2) is 9.67. The van der Waals surface area contributed by atoms with Crippen LogP contribution in [0.1, 0.15) is 40.4 Å². The molecule has 3 rings (SSSR count). The van der Waals surface area contributed by atoms with Gasteiger partial charge in [0.1, 0.15) is 5.75 Å². The van der Waals surface area contributed by atoms with E-state index >= 15 is 0 Å². The summed E-state index contributed by atoms with van der Waals surface area (Å²) in [5.74, 6) is 0.420. The van der Waals surface area contributed by atoms with Crippen LogP contribution in [0.2, 0.25) is 0 Å². The van der Waals surface area contributed by atoms with Crippen LogP contribution in [-0.4, -0.2) is 48.0 Å². The number of carbonyl (C=O) groups excluding carboxylic acids is 2. The molecule has 0 unspecified atom stereocenters. The lowest BCUT2D eigenvalue weighted by atomic mass is 10.0. The van der Waals surface area contributed by atoms with Gasteiger partial charge in [0.25, 0.3) is 0 Å². The van der Waals surface area contributed by atoms with Crippen LogP contribution in [0.4, 0.5) is 0 Å². The lowest BCUT2D eigenvalue weighted by molar-refractivity contribution is -0.120. The van der Waals surface area contributed by atoms with E-state index in [2.05, 4.69) is 16.3 Å². The van der Waals surface area contributed by atoms with E-state index in [1.54, 1.807) is 25.3 Å². The maximum absolute atomic E-state index is 12.5.